The molecule has 2 N–H and O–H groups in total. The number of carbonyl (C=O) groups is 1. The first-order chi connectivity index (χ1) is 15.6. The zero-order chi connectivity index (χ0) is 26.7. The number of hydrogen-bond donors (Lipinski definition) is 2. The maximum absolute atomic E-state index is 12.0. The molecule has 0 saturated heterocycles. The van der Waals surface area contributed by atoms with E-state index in [-0.39, 0.29) is 21.9 Å². The van der Waals surface area contributed by atoms with E-state index in [9.17, 15) is 41.4 Å². The molecule has 0 fully saturated rings. The maximum Gasteiger partial charge on any atom is 0.573 e. The lowest BCUT2D eigenvalue weighted by molar-refractivity contribution is -0.276. The van der Waals surface area contributed by atoms with Crippen LogP contribution >= 0.6 is 31.9 Å². The summed E-state index contributed by atoms with van der Waals surface area (Å²) in [5.41, 5.74) is -0.0419. The third-order valence-corrected chi connectivity index (χ3v) is 3.98. The Morgan fingerprint density at radius 1 is 0.824 bits per heavy atom. The average molecular weight is 626 g/mol. The zero-order valence-electron chi connectivity index (χ0n) is 17.9. The molecule has 0 radical (unpaired) electrons. The minimum atomic E-state index is -4.92. The summed E-state index contributed by atoms with van der Waals surface area (Å²) in [7, 11) is 0. The monoisotopic (exact) mass is 624 g/mol. The Morgan fingerprint density at radius 3 is 1.50 bits per heavy atom. The summed E-state index contributed by atoms with van der Waals surface area (Å²) < 4.78 is 79.4. The Kier molecular flexibility index (Phi) is 13.1. The van der Waals surface area contributed by atoms with Crippen LogP contribution < -0.4 is 9.47 Å². The predicted octanol–water partition coefficient (Wildman–Crippen LogP) is 8.37. The van der Waals surface area contributed by atoms with Crippen molar-refractivity contribution in [2.75, 3.05) is 0 Å². The highest BCUT2D eigenvalue weighted by atomic mass is 79.9. The van der Waals surface area contributed by atoms with Gasteiger partial charge in [0.15, 0.2) is 29.3 Å². The first kappa shape index (κ1) is 31.6. The molecule has 5 nitrogen and oxygen atoms in total. The fourth-order valence-electron chi connectivity index (χ4n) is 1.99. The first-order valence-electron chi connectivity index (χ1n) is 9.22. The molecule has 0 aliphatic heterocycles. The van der Waals surface area contributed by atoms with Crippen molar-refractivity contribution < 1.29 is 50.8 Å². The van der Waals surface area contributed by atoms with Crippen LogP contribution in [0.2, 0.25) is 0 Å². The molecule has 0 heterocycles. The van der Waals surface area contributed by atoms with Crippen molar-refractivity contribution in [3.63, 3.8) is 0 Å². The molecule has 0 bridgehead atoms. The molecule has 0 saturated carbocycles. The van der Waals surface area contributed by atoms with E-state index in [0.29, 0.717) is 4.47 Å². The summed E-state index contributed by atoms with van der Waals surface area (Å²) in [5.74, 6) is -2.84. The molecule has 13 heteroatoms. The van der Waals surface area contributed by atoms with E-state index in [1.807, 2.05) is 0 Å². The van der Waals surface area contributed by atoms with Gasteiger partial charge in [-0.2, -0.15) is 0 Å². The normalized spacial score (nSPS) is 11.1. The fourth-order valence-corrected chi connectivity index (χ4v) is 2.90. The lowest BCUT2D eigenvalue weighted by Gasteiger charge is -2.12. The van der Waals surface area contributed by atoms with Crippen LogP contribution in [-0.2, 0) is 0 Å². The number of carbonyl (C=O) groups excluding carboxylic acids is 1. The number of aldehydes is 1. The molecule has 2 rings (SSSR count). The van der Waals surface area contributed by atoms with E-state index in [2.05, 4.69) is 55.2 Å². The van der Waals surface area contributed by atoms with E-state index in [1.165, 1.54) is 24.6 Å². The van der Waals surface area contributed by atoms with Crippen LogP contribution in [0.25, 0.3) is 6.08 Å². The van der Waals surface area contributed by atoms with Crippen LogP contribution in [0.4, 0.5) is 26.3 Å². The quantitative estimate of drug-likeness (QED) is 0.264. The standard InChI is InChI=1S/C10H8BrF3O2.C8H4BrF3O3.C3H8/c1-2-3-6-4-7(11)5-8(9(6)15)16-10(12,13)14;9-5-1-4(3-13)7(14)6(2-5)15-8(10,11)12;1-3-2/h2-5,15H,1H3;1-3,14H;3H2,1-2H3/b3-2+;;. The second-order valence-corrected chi connectivity index (χ2v) is 7.94. The van der Waals surface area contributed by atoms with Crippen molar-refractivity contribution in [1.82, 2.24) is 0 Å². The van der Waals surface area contributed by atoms with Crippen molar-refractivity contribution in [2.24, 2.45) is 0 Å². The molecular formula is C21H20Br2F6O5. The Balaban J connectivity index is 0.000000575. The van der Waals surface area contributed by atoms with Crippen LogP contribution in [-0.4, -0.2) is 29.2 Å². The van der Waals surface area contributed by atoms with E-state index in [1.54, 1.807) is 13.0 Å². The predicted molar refractivity (Wildman–Crippen MR) is 121 cm³/mol. The van der Waals surface area contributed by atoms with E-state index >= 15 is 0 Å². The Morgan fingerprint density at radius 2 is 1.18 bits per heavy atom. The molecule has 0 aliphatic rings. The van der Waals surface area contributed by atoms with Crippen LogP contribution in [0.1, 0.15) is 43.1 Å². The van der Waals surface area contributed by atoms with Crippen molar-refractivity contribution >= 4 is 44.2 Å². The van der Waals surface area contributed by atoms with Gasteiger partial charge in [-0.1, -0.05) is 64.3 Å². The van der Waals surface area contributed by atoms with Crippen LogP contribution in [0.5, 0.6) is 23.0 Å². The molecule has 34 heavy (non-hydrogen) atoms. The molecule has 0 unspecified atom stereocenters. The molecule has 0 aromatic heterocycles. The summed E-state index contributed by atoms with van der Waals surface area (Å²) in [5, 5.41) is 18.7. The smallest absolute Gasteiger partial charge is 0.504 e. The van der Waals surface area contributed by atoms with Crippen LogP contribution in [0, 0.1) is 0 Å². The van der Waals surface area contributed by atoms with Gasteiger partial charge in [0.05, 0.1) is 5.56 Å². The number of phenols is 2. The van der Waals surface area contributed by atoms with Gasteiger partial charge >= 0.3 is 12.7 Å². The van der Waals surface area contributed by atoms with Gasteiger partial charge in [0.25, 0.3) is 0 Å². The number of benzene rings is 2. The lowest BCUT2D eigenvalue weighted by atomic mass is 10.2. The highest BCUT2D eigenvalue weighted by Gasteiger charge is 2.33. The molecular weight excluding hydrogens is 606 g/mol. The molecule has 0 amide bonds. The third-order valence-electron chi connectivity index (χ3n) is 3.06. The van der Waals surface area contributed by atoms with Gasteiger partial charge < -0.3 is 19.7 Å². The summed E-state index contributed by atoms with van der Waals surface area (Å²) in [6.45, 7) is 5.94. The highest BCUT2D eigenvalue weighted by molar-refractivity contribution is 9.10. The van der Waals surface area contributed by atoms with Crippen molar-refractivity contribution in [1.29, 1.82) is 0 Å². The van der Waals surface area contributed by atoms with Gasteiger partial charge in [-0.15, -0.1) is 26.3 Å². The molecule has 2 aromatic carbocycles. The summed E-state index contributed by atoms with van der Waals surface area (Å²) in [6, 6.07) is 4.62. The second-order valence-electron chi connectivity index (χ2n) is 6.10. The summed E-state index contributed by atoms with van der Waals surface area (Å²) in [6.07, 6.45) is -5.20. The third kappa shape index (κ3) is 12.2. The molecule has 0 atom stereocenters. The van der Waals surface area contributed by atoms with Gasteiger partial charge in [-0.3, -0.25) is 4.79 Å². The average Bonchev–Trinajstić information content (AvgIpc) is 2.67. The second kappa shape index (κ2) is 14.1. The van der Waals surface area contributed by atoms with Gasteiger partial charge in [0, 0.05) is 14.5 Å². The maximum atomic E-state index is 12.0. The zero-order valence-corrected chi connectivity index (χ0v) is 21.1. The number of ether oxygens (including phenoxy) is 2. The minimum Gasteiger partial charge on any atom is -0.504 e. The number of hydrogen-bond acceptors (Lipinski definition) is 5. The number of halogens is 8. The molecule has 190 valence electrons. The van der Waals surface area contributed by atoms with E-state index in [4.69, 9.17) is 0 Å². The Hall–Kier alpha value is -2.41. The first-order valence-corrected chi connectivity index (χ1v) is 10.8. The topological polar surface area (TPSA) is 76.0 Å². The summed E-state index contributed by atoms with van der Waals surface area (Å²) >= 11 is 5.91. The minimum absolute atomic E-state index is 0.196. The van der Waals surface area contributed by atoms with Gasteiger partial charge in [-0.25, -0.2) is 0 Å². The van der Waals surface area contributed by atoms with Gasteiger partial charge in [-0.05, 0) is 31.2 Å². The number of alkyl halides is 6. The fraction of sp³-hybridized carbons (Fsp3) is 0.286. The number of rotatable bonds is 4. The molecule has 0 spiro atoms. The number of phenolic OH excluding ortho intramolecular Hbond substituents is 2. The van der Waals surface area contributed by atoms with Crippen LogP contribution in [0.15, 0.2) is 39.3 Å². The van der Waals surface area contributed by atoms with Crippen LogP contribution in [0.3, 0.4) is 0 Å². The summed E-state index contributed by atoms with van der Waals surface area (Å²) in [4.78, 5) is 10.4. The van der Waals surface area contributed by atoms with Crippen molar-refractivity contribution in [2.45, 2.75) is 39.9 Å². The SMILES string of the molecule is C/C=C/c1cc(Br)cc(OC(F)(F)F)c1O.CCC.O=Cc1cc(Br)cc(OC(F)(F)F)c1O. The highest BCUT2D eigenvalue weighted by Crippen LogP contribution is 2.38. The lowest BCUT2D eigenvalue weighted by Crippen LogP contribution is -2.17. The van der Waals surface area contributed by atoms with Crippen molar-refractivity contribution in [3.8, 4) is 23.0 Å². The molecule has 0 aliphatic carbocycles. The largest absolute Gasteiger partial charge is 0.573 e. The van der Waals surface area contributed by atoms with Crippen molar-refractivity contribution in [3.05, 3.63) is 50.4 Å². The van der Waals surface area contributed by atoms with Gasteiger partial charge in [0.1, 0.15) is 0 Å². The number of aromatic hydroxyl groups is 2. The van der Waals surface area contributed by atoms with E-state index < -0.39 is 35.7 Å². The Bertz CT molecular complexity index is 976. The Labute approximate surface area is 208 Å². The van der Waals surface area contributed by atoms with Gasteiger partial charge in [0.2, 0.25) is 0 Å². The molecule has 2 aromatic rings. The number of allylic oxidation sites excluding steroid dienone is 1. The van der Waals surface area contributed by atoms with E-state index in [0.717, 1.165) is 12.1 Å².